The van der Waals surface area contributed by atoms with E-state index in [4.69, 9.17) is 0 Å². The summed E-state index contributed by atoms with van der Waals surface area (Å²) >= 11 is 0. The first-order valence-corrected chi connectivity index (χ1v) is 19.6. The van der Waals surface area contributed by atoms with Crippen molar-refractivity contribution in [2.75, 3.05) is 19.0 Å². The van der Waals surface area contributed by atoms with Gasteiger partial charge in [0.15, 0.2) is 5.71 Å². The number of rotatable bonds is 8. The van der Waals surface area contributed by atoms with Crippen molar-refractivity contribution in [2.45, 2.75) is 51.4 Å². The molecule has 0 aromatic heterocycles. The van der Waals surface area contributed by atoms with Gasteiger partial charge in [-0.1, -0.05) is 147 Å². The Labute approximate surface area is 328 Å². The first kappa shape index (κ1) is 36.0. The van der Waals surface area contributed by atoms with E-state index in [1.165, 1.54) is 78.4 Å². The average Bonchev–Trinajstić information content (AvgIpc) is 3.77. The van der Waals surface area contributed by atoms with E-state index in [-0.39, 0.29) is 10.8 Å². The molecule has 8 rings (SSSR count). The van der Waals surface area contributed by atoms with Crippen LogP contribution in [0, 0.1) is 0 Å². The molecule has 5 aromatic rings. The SMILES string of the molecule is CN1\C(=C/C=C/C=C2\CCC(/C=C/C=C/C3=[N+](C)c4ccc(-c5ccccc5)cc4C3(C)C)=C2c2ccccc2)C(C)(C)c2cc(-c3ccccc3)ccc21. The number of fused-ring (bicyclic) bond motifs is 2. The number of benzene rings is 5. The highest BCUT2D eigenvalue weighted by Gasteiger charge is 2.43. The lowest BCUT2D eigenvalue weighted by atomic mass is 9.80. The molecule has 0 spiro atoms. The fraction of sp³-hybridized carbons (Fsp3) is 0.189. The number of allylic oxidation sites excluding steroid dienone is 12. The van der Waals surface area contributed by atoms with Crippen LogP contribution in [0.3, 0.4) is 0 Å². The molecule has 0 bridgehead atoms. The van der Waals surface area contributed by atoms with Crippen LogP contribution in [0.15, 0.2) is 193 Å². The quantitative estimate of drug-likeness (QED) is 0.114. The highest BCUT2D eigenvalue weighted by Crippen LogP contribution is 2.48. The first-order valence-electron chi connectivity index (χ1n) is 19.6. The fourth-order valence-corrected chi connectivity index (χ4v) is 8.96. The molecule has 55 heavy (non-hydrogen) atoms. The van der Waals surface area contributed by atoms with Crippen molar-refractivity contribution in [1.29, 1.82) is 0 Å². The van der Waals surface area contributed by atoms with Gasteiger partial charge in [0.25, 0.3) is 0 Å². The summed E-state index contributed by atoms with van der Waals surface area (Å²) < 4.78 is 2.35. The van der Waals surface area contributed by atoms with Gasteiger partial charge in [0.1, 0.15) is 7.05 Å². The van der Waals surface area contributed by atoms with Crippen LogP contribution in [0.2, 0.25) is 0 Å². The molecule has 2 heterocycles. The highest BCUT2D eigenvalue weighted by atomic mass is 15.2. The van der Waals surface area contributed by atoms with Crippen molar-refractivity contribution in [2.24, 2.45) is 0 Å². The standard InChI is InChI=1S/C53H51N2/c1-52(2)45-36-43(38-20-10-7-11-21-38)32-34-47(45)54(5)49(52)28-18-16-26-41-30-31-42(51(41)40-24-14-9-15-25-40)27-17-19-29-50-53(3,4)46-37-44(33-35-48(46)55(50)6)39-22-12-8-13-23-39/h7-29,32-37H,30-31H2,1-6H3/q+1. The zero-order valence-electron chi connectivity index (χ0n) is 33.1. The monoisotopic (exact) mass is 715 g/mol. The van der Waals surface area contributed by atoms with E-state index in [2.05, 4.69) is 227 Å². The molecule has 3 aliphatic rings. The summed E-state index contributed by atoms with van der Waals surface area (Å²) in [5.74, 6) is 0. The van der Waals surface area contributed by atoms with Crippen molar-refractivity contribution >= 4 is 22.7 Å². The Morgan fingerprint density at radius 3 is 1.76 bits per heavy atom. The average molecular weight is 716 g/mol. The van der Waals surface area contributed by atoms with Gasteiger partial charge in [0, 0.05) is 41.6 Å². The Bertz CT molecular complexity index is 2460. The summed E-state index contributed by atoms with van der Waals surface area (Å²) in [6.45, 7) is 9.36. The molecule has 2 nitrogen and oxygen atoms in total. The predicted molar refractivity (Wildman–Crippen MR) is 235 cm³/mol. The van der Waals surface area contributed by atoms with Crippen LogP contribution in [-0.4, -0.2) is 24.4 Å². The van der Waals surface area contributed by atoms with Crippen LogP contribution in [0.25, 0.3) is 27.8 Å². The number of likely N-dealkylation sites (N-methyl/N-ethyl adjacent to an activating group) is 1. The summed E-state index contributed by atoms with van der Waals surface area (Å²) in [5.41, 5.74) is 18.1. The molecule has 272 valence electrons. The summed E-state index contributed by atoms with van der Waals surface area (Å²) in [5, 5.41) is 0. The number of nitrogens with zero attached hydrogens (tertiary/aromatic N) is 2. The van der Waals surface area contributed by atoms with Crippen LogP contribution in [0.4, 0.5) is 11.4 Å². The van der Waals surface area contributed by atoms with Crippen molar-refractivity contribution in [1.82, 2.24) is 0 Å². The van der Waals surface area contributed by atoms with Crippen molar-refractivity contribution in [3.63, 3.8) is 0 Å². The molecule has 0 saturated heterocycles. The van der Waals surface area contributed by atoms with Gasteiger partial charge in [-0.15, -0.1) is 0 Å². The summed E-state index contributed by atoms with van der Waals surface area (Å²) in [4.78, 5) is 2.35. The van der Waals surface area contributed by atoms with Gasteiger partial charge in [-0.05, 0) is 107 Å². The molecular weight excluding hydrogens is 665 g/mol. The topological polar surface area (TPSA) is 6.25 Å². The molecule has 0 saturated carbocycles. The number of hydrogen-bond acceptors (Lipinski definition) is 1. The number of hydrogen-bond donors (Lipinski definition) is 0. The third kappa shape index (κ3) is 6.72. The van der Waals surface area contributed by atoms with E-state index >= 15 is 0 Å². The van der Waals surface area contributed by atoms with Crippen LogP contribution in [0.1, 0.15) is 57.2 Å². The summed E-state index contributed by atoms with van der Waals surface area (Å²) in [6.07, 6.45) is 20.2. The fourth-order valence-electron chi connectivity index (χ4n) is 8.96. The Kier molecular flexibility index (Phi) is 9.61. The van der Waals surface area contributed by atoms with Crippen LogP contribution in [0.5, 0.6) is 0 Å². The van der Waals surface area contributed by atoms with Crippen molar-refractivity contribution in [3.05, 3.63) is 210 Å². The van der Waals surface area contributed by atoms with Gasteiger partial charge in [-0.25, -0.2) is 0 Å². The minimum atomic E-state index is -0.102. The van der Waals surface area contributed by atoms with Crippen molar-refractivity contribution < 1.29 is 4.58 Å². The summed E-state index contributed by atoms with van der Waals surface area (Å²) in [6, 6.07) is 46.0. The van der Waals surface area contributed by atoms with Gasteiger partial charge in [-0.2, -0.15) is 4.58 Å². The molecule has 1 aliphatic carbocycles. The maximum absolute atomic E-state index is 2.37. The smallest absolute Gasteiger partial charge is 0.209 e. The molecule has 0 radical (unpaired) electrons. The predicted octanol–water partition coefficient (Wildman–Crippen LogP) is 13.2. The lowest BCUT2D eigenvalue weighted by molar-refractivity contribution is -0.401. The molecular formula is C53H51N2+. The van der Waals surface area contributed by atoms with E-state index in [0.29, 0.717) is 0 Å². The third-order valence-corrected chi connectivity index (χ3v) is 12.0. The van der Waals surface area contributed by atoms with E-state index in [9.17, 15) is 0 Å². The normalized spacial score (nSPS) is 18.9. The highest BCUT2D eigenvalue weighted by molar-refractivity contribution is 6.03. The van der Waals surface area contributed by atoms with Gasteiger partial charge < -0.3 is 4.90 Å². The van der Waals surface area contributed by atoms with Gasteiger partial charge in [0.2, 0.25) is 5.69 Å². The van der Waals surface area contributed by atoms with E-state index in [0.717, 1.165) is 12.8 Å². The first-order chi connectivity index (χ1) is 26.6. The minimum Gasteiger partial charge on any atom is -0.347 e. The van der Waals surface area contributed by atoms with Crippen molar-refractivity contribution in [3.8, 4) is 22.3 Å². The van der Waals surface area contributed by atoms with Crippen LogP contribution < -0.4 is 4.90 Å². The summed E-state index contributed by atoms with van der Waals surface area (Å²) in [7, 11) is 4.39. The molecule has 0 unspecified atom stereocenters. The van der Waals surface area contributed by atoms with Gasteiger partial charge >= 0.3 is 0 Å². The van der Waals surface area contributed by atoms with Crippen LogP contribution >= 0.6 is 0 Å². The zero-order valence-corrected chi connectivity index (χ0v) is 33.1. The second-order valence-corrected chi connectivity index (χ2v) is 16.1. The second kappa shape index (κ2) is 14.7. The third-order valence-electron chi connectivity index (χ3n) is 12.0. The number of anilines is 1. The molecule has 0 N–H and O–H groups in total. The lowest BCUT2D eigenvalue weighted by Crippen LogP contribution is -2.26. The van der Waals surface area contributed by atoms with E-state index < -0.39 is 0 Å². The van der Waals surface area contributed by atoms with E-state index in [1.807, 2.05) is 0 Å². The van der Waals surface area contributed by atoms with Crippen LogP contribution in [-0.2, 0) is 10.8 Å². The molecule has 0 atom stereocenters. The largest absolute Gasteiger partial charge is 0.347 e. The van der Waals surface area contributed by atoms with E-state index in [1.54, 1.807) is 0 Å². The second-order valence-electron chi connectivity index (χ2n) is 16.1. The molecule has 0 fully saturated rings. The Morgan fingerprint density at radius 2 is 1.11 bits per heavy atom. The molecule has 2 heteroatoms. The maximum atomic E-state index is 2.37. The zero-order chi connectivity index (χ0) is 38.2. The van der Waals surface area contributed by atoms with Gasteiger partial charge in [-0.3, -0.25) is 0 Å². The molecule has 0 amide bonds. The Hall–Kier alpha value is -5.99. The maximum Gasteiger partial charge on any atom is 0.209 e. The Morgan fingerprint density at radius 1 is 0.545 bits per heavy atom. The molecule has 2 aliphatic heterocycles. The van der Waals surface area contributed by atoms with Gasteiger partial charge in [0.05, 0.1) is 5.41 Å². The lowest BCUT2D eigenvalue weighted by Gasteiger charge is -2.23. The molecule has 5 aromatic carbocycles. The minimum absolute atomic E-state index is 0.102. The Balaban J connectivity index is 1.03.